The maximum absolute atomic E-state index is 13.5. The van der Waals surface area contributed by atoms with Gasteiger partial charge in [-0.3, -0.25) is 9.59 Å². The Morgan fingerprint density at radius 1 is 1.19 bits per heavy atom. The van der Waals surface area contributed by atoms with Crippen molar-refractivity contribution in [2.24, 2.45) is 0 Å². The highest BCUT2D eigenvalue weighted by Crippen LogP contribution is 2.33. The van der Waals surface area contributed by atoms with E-state index in [1.165, 1.54) is 12.0 Å². The number of aromatic amines is 1. The Balaban J connectivity index is 1.90. The molecule has 1 aliphatic heterocycles. The third-order valence-electron chi connectivity index (χ3n) is 5.43. The molecule has 0 radical (unpaired) electrons. The first-order valence-electron chi connectivity index (χ1n) is 10.4. The Hall–Kier alpha value is -3.33. The number of Topliss-reactive ketones (excluding diaryl/α,β-unsaturated/α-hetero) is 1. The zero-order chi connectivity index (χ0) is 23.4. The molecule has 9 nitrogen and oxygen atoms in total. The highest BCUT2D eigenvalue weighted by molar-refractivity contribution is 6.07. The van der Waals surface area contributed by atoms with E-state index in [1.807, 2.05) is 0 Å². The van der Waals surface area contributed by atoms with Gasteiger partial charge >= 0.3 is 5.97 Å². The van der Waals surface area contributed by atoms with Gasteiger partial charge in [0.05, 0.1) is 19.3 Å². The molecule has 9 heteroatoms. The Morgan fingerprint density at radius 2 is 1.91 bits per heavy atom. The van der Waals surface area contributed by atoms with Gasteiger partial charge < -0.3 is 28.8 Å². The Morgan fingerprint density at radius 3 is 2.59 bits per heavy atom. The second-order valence-corrected chi connectivity index (χ2v) is 7.45. The summed E-state index contributed by atoms with van der Waals surface area (Å²) >= 11 is 0. The minimum atomic E-state index is -0.800. The summed E-state index contributed by atoms with van der Waals surface area (Å²) in [5.74, 6) is -0.0840. The smallest absolute Gasteiger partial charge is 0.355 e. The van der Waals surface area contributed by atoms with Crippen LogP contribution >= 0.6 is 0 Å². The number of aryl methyl sites for hydroxylation is 1. The van der Waals surface area contributed by atoms with Crippen LogP contribution in [0.2, 0.25) is 0 Å². The van der Waals surface area contributed by atoms with Crippen LogP contribution in [0.1, 0.15) is 56.3 Å². The molecule has 32 heavy (non-hydrogen) atoms. The average Bonchev–Trinajstić information content (AvgIpc) is 3.36. The number of hydrogen-bond donors (Lipinski definition) is 1. The van der Waals surface area contributed by atoms with Crippen LogP contribution in [-0.4, -0.2) is 67.2 Å². The van der Waals surface area contributed by atoms with E-state index in [9.17, 15) is 14.4 Å². The highest BCUT2D eigenvalue weighted by atomic mass is 16.7. The Kier molecular flexibility index (Phi) is 7.19. The van der Waals surface area contributed by atoms with Crippen LogP contribution in [0, 0.1) is 13.8 Å². The normalized spacial score (nSPS) is 13.0. The summed E-state index contributed by atoms with van der Waals surface area (Å²) in [4.78, 5) is 43.4. The van der Waals surface area contributed by atoms with Crippen LogP contribution in [-0.2, 0) is 9.47 Å². The van der Waals surface area contributed by atoms with Gasteiger partial charge in [-0.05, 0) is 51.5 Å². The van der Waals surface area contributed by atoms with Gasteiger partial charge in [0.2, 0.25) is 6.79 Å². The first kappa shape index (κ1) is 23.3. The number of esters is 1. The third kappa shape index (κ3) is 4.47. The molecular weight excluding hydrogens is 416 g/mol. The van der Waals surface area contributed by atoms with Gasteiger partial charge in [-0.2, -0.15) is 0 Å². The van der Waals surface area contributed by atoms with E-state index in [0.29, 0.717) is 33.9 Å². The molecule has 1 aliphatic rings. The quantitative estimate of drug-likeness (QED) is 0.468. The number of nitrogens with one attached hydrogen (secondary N) is 1. The molecule has 172 valence electrons. The number of fused-ring (bicyclic) bond motifs is 1. The fourth-order valence-corrected chi connectivity index (χ4v) is 3.73. The molecule has 0 spiro atoms. The lowest BCUT2D eigenvalue weighted by Gasteiger charge is -2.28. The fraction of sp³-hybridized carbons (Fsp3) is 0.435. The molecule has 1 atom stereocenters. The number of ketones is 1. The molecule has 3 rings (SSSR count). The molecule has 1 unspecified atom stereocenters. The Bertz CT molecular complexity index is 1030. The van der Waals surface area contributed by atoms with E-state index in [2.05, 4.69) is 4.98 Å². The van der Waals surface area contributed by atoms with Gasteiger partial charge in [0.15, 0.2) is 17.3 Å². The number of aromatic nitrogens is 1. The minimum Gasteiger partial charge on any atom is -0.461 e. The lowest BCUT2D eigenvalue weighted by atomic mass is 9.99. The molecule has 0 aliphatic carbocycles. The molecule has 2 heterocycles. The van der Waals surface area contributed by atoms with Crippen molar-refractivity contribution >= 4 is 17.7 Å². The van der Waals surface area contributed by atoms with Gasteiger partial charge in [-0.25, -0.2) is 4.79 Å². The number of carbonyl (C=O) groups excluding carboxylic acids is 3. The zero-order valence-corrected chi connectivity index (χ0v) is 18.9. The molecule has 0 saturated heterocycles. The van der Waals surface area contributed by atoms with Crippen LogP contribution in [0.25, 0.3) is 0 Å². The zero-order valence-electron chi connectivity index (χ0n) is 18.9. The first-order valence-corrected chi connectivity index (χ1v) is 10.4. The minimum absolute atomic E-state index is 0.101. The number of hydrogen-bond acceptors (Lipinski definition) is 7. The highest BCUT2D eigenvalue weighted by Gasteiger charge is 2.32. The maximum Gasteiger partial charge on any atom is 0.355 e. The Labute approximate surface area is 186 Å². The summed E-state index contributed by atoms with van der Waals surface area (Å²) in [5.41, 5.74) is 2.04. The van der Waals surface area contributed by atoms with Crippen molar-refractivity contribution in [2.75, 3.05) is 33.7 Å². The number of rotatable bonds is 9. The van der Waals surface area contributed by atoms with Gasteiger partial charge in [0.25, 0.3) is 5.91 Å². The van der Waals surface area contributed by atoms with Crippen molar-refractivity contribution in [1.82, 2.24) is 9.88 Å². The van der Waals surface area contributed by atoms with Crippen molar-refractivity contribution in [3.05, 3.63) is 46.3 Å². The first-order chi connectivity index (χ1) is 15.3. The average molecular weight is 444 g/mol. The summed E-state index contributed by atoms with van der Waals surface area (Å²) in [6.07, 6.45) is 0. The van der Waals surface area contributed by atoms with E-state index < -0.39 is 12.0 Å². The summed E-state index contributed by atoms with van der Waals surface area (Å²) < 4.78 is 20.9. The predicted molar refractivity (Wildman–Crippen MR) is 115 cm³/mol. The lowest BCUT2D eigenvalue weighted by molar-refractivity contribution is 0.0518. The van der Waals surface area contributed by atoms with Crippen molar-refractivity contribution in [2.45, 2.75) is 33.7 Å². The van der Waals surface area contributed by atoms with Gasteiger partial charge in [-0.1, -0.05) is 0 Å². The summed E-state index contributed by atoms with van der Waals surface area (Å²) in [6.45, 7) is 7.58. The number of benzene rings is 1. The van der Waals surface area contributed by atoms with Crippen LogP contribution in [0.4, 0.5) is 0 Å². The van der Waals surface area contributed by atoms with Crippen LogP contribution in [0.15, 0.2) is 18.2 Å². The number of methoxy groups -OCH3 is 1. The van der Waals surface area contributed by atoms with E-state index >= 15 is 0 Å². The summed E-state index contributed by atoms with van der Waals surface area (Å²) in [5, 5.41) is 0. The summed E-state index contributed by atoms with van der Waals surface area (Å²) in [6, 6.07) is 4.11. The molecule has 1 aromatic heterocycles. The third-order valence-corrected chi connectivity index (χ3v) is 5.43. The van der Waals surface area contributed by atoms with E-state index in [1.54, 1.807) is 45.9 Å². The van der Waals surface area contributed by atoms with Crippen molar-refractivity contribution in [3.63, 3.8) is 0 Å². The second-order valence-electron chi connectivity index (χ2n) is 7.45. The van der Waals surface area contributed by atoms with Gasteiger partial charge in [0.1, 0.15) is 5.69 Å². The van der Waals surface area contributed by atoms with Crippen LogP contribution < -0.4 is 9.47 Å². The van der Waals surface area contributed by atoms with Gasteiger partial charge in [-0.15, -0.1) is 0 Å². The molecule has 0 fully saturated rings. The fourth-order valence-electron chi connectivity index (χ4n) is 3.73. The molecule has 1 aromatic carbocycles. The van der Waals surface area contributed by atoms with Crippen molar-refractivity contribution in [3.8, 4) is 11.5 Å². The number of H-pyrrole nitrogens is 1. The monoisotopic (exact) mass is 444 g/mol. The molecule has 0 saturated carbocycles. The number of amides is 1. The van der Waals surface area contributed by atoms with E-state index in [4.69, 9.17) is 18.9 Å². The number of carbonyl (C=O) groups is 3. The molecular formula is C23H28N2O7. The van der Waals surface area contributed by atoms with Gasteiger partial charge in [0, 0.05) is 30.5 Å². The topological polar surface area (TPSA) is 107 Å². The van der Waals surface area contributed by atoms with Crippen LogP contribution in [0.3, 0.4) is 0 Å². The number of ether oxygens (including phenoxy) is 4. The maximum atomic E-state index is 13.5. The lowest BCUT2D eigenvalue weighted by Crippen LogP contribution is -2.45. The second kappa shape index (κ2) is 9.86. The number of nitrogens with zero attached hydrogens (tertiary/aromatic N) is 1. The van der Waals surface area contributed by atoms with Crippen LogP contribution in [0.5, 0.6) is 11.5 Å². The molecule has 2 aromatic rings. The molecule has 1 N–H and O–H groups in total. The van der Waals surface area contributed by atoms with Crippen molar-refractivity contribution < 1.29 is 33.3 Å². The largest absolute Gasteiger partial charge is 0.461 e. The van der Waals surface area contributed by atoms with E-state index in [0.717, 1.165) is 0 Å². The standard InChI is InChI=1S/C23H28N2O7/c1-6-30-23(28)20-13(2)19(14(3)24-20)21(26)15(4)25(9-10-29-5)22(27)16-7-8-17-18(11-16)32-12-31-17/h7-8,11,15,24H,6,9-10,12H2,1-5H3. The molecule has 1 amide bonds. The SMILES string of the molecule is CCOC(=O)c1[nH]c(C)c(C(=O)C(C)N(CCOC)C(=O)c2ccc3c(c2)OCO3)c1C. The van der Waals surface area contributed by atoms with E-state index in [-0.39, 0.29) is 43.9 Å². The summed E-state index contributed by atoms with van der Waals surface area (Å²) in [7, 11) is 1.53. The molecule has 0 bridgehead atoms. The predicted octanol–water partition coefficient (Wildman–Crippen LogP) is 2.90. The van der Waals surface area contributed by atoms with Crippen molar-refractivity contribution in [1.29, 1.82) is 0 Å².